The lowest BCUT2D eigenvalue weighted by Crippen LogP contribution is -1.99. The van der Waals surface area contributed by atoms with Gasteiger partial charge in [-0.2, -0.15) is 5.10 Å². The molecule has 1 heterocycles. The third-order valence-electron chi connectivity index (χ3n) is 2.04. The van der Waals surface area contributed by atoms with Crippen LogP contribution in [-0.2, 0) is 6.54 Å². The average Bonchev–Trinajstić information content (AvgIpc) is 2.66. The van der Waals surface area contributed by atoms with Gasteiger partial charge in [0.25, 0.3) is 0 Å². The third-order valence-corrected chi connectivity index (χ3v) is 2.34. The summed E-state index contributed by atoms with van der Waals surface area (Å²) in [5.74, 6) is -0.408. The molecule has 0 saturated heterocycles. The highest BCUT2D eigenvalue weighted by Crippen LogP contribution is 2.22. The van der Waals surface area contributed by atoms with Gasteiger partial charge in [0.05, 0.1) is 11.2 Å². The molecule has 2 aromatic rings. The third kappa shape index (κ3) is 1.86. The van der Waals surface area contributed by atoms with Crippen molar-refractivity contribution in [3.05, 3.63) is 47.0 Å². The van der Waals surface area contributed by atoms with E-state index in [4.69, 9.17) is 17.3 Å². The van der Waals surface area contributed by atoms with Crippen molar-refractivity contribution in [3.8, 4) is 5.69 Å². The number of rotatable bonds is 2. The van der Waals surface area contributed by atoms with Crippen molar-refractivity contribution in [2.75, 3.05) is 0 Å². The standard InChI is InChI=1S/C10H9ClFN3/c11-8-2-1-3-9(12)10(8)15-6-7(4-13)5-14-15/h1-3,5-6H,4,13H2. The first kappa shape index (κ1) is 10.1. The highest BCUT2D eigenvalue weighted by atomic mass is 35.5. The first-order valence-corrected chi connectivity index (χ1v) is 4.78. The topological polar surface area (TPSA) is 43.8 Å². The Bertz CT molecular complexity index is 461. The van der Waals surface area contributed by atoms with Crippen LogP contribution in [0.2, 0.25) is 5.02 Å². The highest BCUT2D eigenvalue weighted by Gasteiger charge is 2.09. The number of nitrogens with zero attached hydrogens (tertiary/aromatic N) is 2. The molecule has 0 atom stereocenters. The summed E-state index contributed by atoms with van der Waals surface area (Å²) in [5, 5.41) is 4.31. The van der Waals surface area contributed by atoms with Crippen molar-refractivity contribution < 1.29 is 4.39 Å². The second kappa shape index (κ2) is 4.00. The minimum absolute atomic E-state index is 0.249. The zero-order valence-corrected chi connectivity index (χ0v) is 8.58. The molecule has 15 heavy (non-hydrogen) atoms. The quantitative estimate of drug-likeness (QED) is 0.851. The summed E-state index contributed by atoms with van der Waals surface area (Å²) < 4.78 is 14.9. The van der Waals surface area contributed by atoms with E-state index in [0.29, 0.717) is 11.6 Å². The molecule has 2 N–H and O–H groups in total. The lowest BCUT2D eigenvalue weighted by atomic mass is 10.3. The van der Waals surface area contributed by atoms with Crippen LogP contribution in [0.3, 0.4) is 0 Å². The number of benzene rings is 1. The monoisotopic (exact) mass is 225 g/mol. The maximum absolute atomic E-state index is 13.5. The number of hydrogen-bond acceptors (Lipinski definition) is 2. The Morgan fingerprint density at radius 3 is 2.87 bits per heavy atom. The summed E-state index contributed by atoms with van der Waals surface area (Å²) in [6, 6.07) is 4.50. The Hall–Kier alpha value is -1.39. The second-order valence-corrected chi connectivity index (χ2v) is 3.47. The van der Waals surface area contributed by atoms with E-state index in [1.165, 1.54) is 10.7 Å². The summed E-state index contributed by atoms with van der Waals surface area (Å²) in [6.45, 7) is 0.367. The van der Waals surface area contributed by atoms with E-state index in [2.05, 4.69) is 5.10 Å². The van der Waals surface area contributed by atoms with E-state index >= 15 is 0 Å². The van der Waals surface area contributed by atoms with Crippen molar-refractivity contribution in [2.24, 2.45) is 5.73 Å². The van der Waals surface area contributed by atoms with Crippen LogP contribution in [0.5, 0.6) is 0 Å². The molecule has 0 fully saturated rings. The van der Waals surface area contributed by atoms with Crippen LogP contribution in [0.4, 0.5) is 4.39 Å². The molecule has 0 aliphatic heterocycles. The zero-order valence-electron chi connectivity index (χ0n) is 7.82. The molecule has 1 aromatic heterocycles. The molecule has 0 aliphatic rings. The summed E-state index contributed by atoms with van der Waals surface area (Å²) >= 11 is 5.88. The summed E-state index contributed by atoms with van der Waals surface area (Å²) in [4.78, 5) is 0. The van der Waals surface area contributed by atoms with Gasteiger partial charge in [0.15, 0.2) is 0 Å². The van der Waals surface area contributed by atoms with Gasteiger partial charge in [0.2, 0.25) is 0 Å². The normalized spacial score (nSPS) is 10.6. The zero-order chi connectivity index (χ0) is 10.8. The Kier molecular flexibility index (Phi) is 2.70. The predicted octanol–water partition coefficient (Wildman–Crippen LogP) is 2.12. The van der Waals surface area contributed by atoms with Gasteiger partial charge < -0.3 is 5.73 Å². The molecule has 78 valence electrons. The summed E-state index contributed by atoms with van der Waals surface area (Å²) in [6.07, 6.45) is 3.24. The van der Waals surface area contributed by atoms with E-state index < -0.39 is 5.82 Å². The van der Waals surface area contributed by atoms with Gasteiger partial charge in [-0.25, -0.2) is 9.07 Å². The largest absolute Gasteiger partial charge is 0.326 e. The summed E-state index contributed by atoms with van der Waals surface area (Å²) in [7, 11) is 0. The molecule has 3 nitrogen and oxygen atoms in total. The van der Waals surface area contributed by atoms with Gasteiger partial charge in [-0.15, -0.1) is 0 Å². The highest BCUT2D eigenvalue weighted by molar-refractivity contribution is 6.32. The summed E-state index contributed by atoms with van der Waals surface area (Å²) in [5.41, 5.74) is 6.51. The lowest BCUT2D eigenvalue weighted by molar-refractivity contribution is 0.611. The van der Waals surface area contributed by atoms with Crippen LogP contribution < -0.4 is 5.73 Å². The molecule has 0 aliphatic carbocycles. The molecular formula is C10H9ClFN3. The first-order chi connectivity index (χ1) is 7.22. The van der Waals surface area contributed by atoms with Gasteiger partial charge in [0.1, 0.15) is 11.5 Å². The minimum Gasteiger partial charge on any atom is -0.326 e. The smallest absolute Gasteiger partial charge is 0.150 e. The lowest BCUT2D eigenvalue weighted by Gasteiger charge is -2.04. The van der Waals surface area contributed by atoms with Crippen LogP contribution in [0.15, 0.2) is 30.6 Å². The first-order valence-electron chi connectivity index (χ1n) is 4.40. The molecule has 0 unspecified atom stereocenters. The maximum Gasteiger partial charge on any atom is 0.150 e. The average molecular weight is 226 g/mol. The van der Waals surface area contributed by atoms with E-state index in [9.17, 15) is 4.39 Å². The van der Waals surface area contributed by atoms with Crippen LogP contribution >= 0.6 is 11.6 Å². The molecule has 0 spiro atoms. The Morgan fingerprint density at radius 1 is 1.47 bits per heavy atom. The van der Waals surface area contributed by atoms with Crippen molar-refractivity contribution in [2.45, 2.75) is 6.54 Å². The van der Waals surface area contributed by atoms with E-state index in [0.717, 1.165) is 5.56 Å². The van der Waals surface area contributed by atoms with Crippen molar-refractivity contribution >= 4 is 11.6 Å². The second-order valence-electron chi connectivity index (χ2n) is 3.07. The fraction of sp³-hybridized carbons (Fsp3) is 0.100. The fourth-order valence-corrected chi connectivity index (χ4v) is 1.55. The Balaban J connectivity index is 2.53. The molecule has 1 aromatic carbocycles. The van der Waals surface area contributed by atoms with Gasteiger partial charge >= 0.3 is 0 Å². The van der Waals surface area contributed by atoms with Crippen molar-refractivity contribution in [1.29, 1.82) is 0 Å². The molecule has 0 radical (unpaired) electrons. The van der Waals surface area contributed by atoms with Crippen molar-refractivity contribution in [1.82, 2.24) is 9.78 Å². The molecule has 5 heteroatoms. The van der Waals surface area contributed by atoms with E-state index in [1.807, 2.05) is 0 Å². The van der Waals surface area contributed by atoms with E-state index in [-0.39, 0.29) is 5.69 Å². The SMILES string of the molecule is NCc1cnn(-c2c(F)cccc2Cl)c1. The number of nitrogens with two attached hydrogens (primary N) is 1. The van der Waals surface area contributed by atoms with Gasteiger partial charge in [-0.1, -0.05) is 17.7 Å². The predicted molar refractivity (Wildman–Crippen MR) is 56.4 cm³/mol. The number of hydrogen-bond donors (Lipinski definition) is 1. The van der Waals surface area contributed by atoms with Crippen LogP contribution in [0, 0.1) is 5.82 Å². The Labute approximate surface area is 91.3 Å². The molecule has 2 rings (SSSR count). The van der Waals surface area contributed by atoms with Crippen LogP contribution in [0.25, 0.3) is 5.69 Å². The van der Waals surface area contributed by atoms with Crippen LogP contribution in [-0.4, -0.2) is 9.78 Å². The van der Waals surface area contributed by atoms with Gasteiger partial charge in [-0.3, -0.25) is 0 Å². The number of aromatic nitrogens is 2. The molecular weight excluding hydrogens is 217 g/mol. The van der Waals surface area contributed by atoms with Gasteiger partial charge in [0, 0.05) is 18.3 Å². The number of halogens is 2. The van der Waals surface area contributed by atoms with Crippen molar-refractivity contribution in [3.63, 3.8) is 0 Å². The molecule has 0 saturated carbocycles. The number of para-hydroxylation sites is 1. The Morgan fingerprint density at radius 2 is 2.27 bits per heavy atom. The fourth-order valence-electron chi connectivity index (χ4n) is 1.30. The van der Waals surface area contributed by atoms with Gasteiger partial charge in [-0.05, 0) is 12.1 Å². The molecule has 0 amide bonds. The minimum atomic E-state index is -0.408. The van der Waals surface area contributed by atoms with Crippen LogP contribution in [0.1, 0.15) is 5.56 Å². The molecule has 0 bridgehead atoms. The van der Waals surface area contributed by atoms with E-state index in [1.54, 1.807) is 24.5 Å². The maximum atomic E-state index is 13.5.